The number of rotatable bonds is 0. The molecule has 0 aromatic heterocycles. The van der Waals surface area contributed by atoms with Crippen LogP contribution in [0.5, 0.6) is 0 Å². The molecule has 0 amide bonds. The summed E-state index contributed by atoms with van der Waals surface area (Å²) in [6, 6.07) is 9.49. The highest BCUT2D eigenvalue weighted by molar-refractivity contribution is 14.1. The number of anilines is 1. The van der Waals surface area contributed by atoms with E-state index in [-0.39, 0.29) is 0 Å². The van der Waals surface area contributed by atoms with E-state index in [1.807, 2.05) is 30.3 Å². The van der Waals surface area contributed by atoms with E-state index in [0.29, 0.717) is 0 Å². The minimum Gasteiger partial charge on any atom is -0.399 e. The molecule has 1 nitrogen and oxygen atoms in total. The summed E-state index contributed by atoms with van der Waals surface area (Å²) in [6.45, 7) is 0. The van der Waals surface area contributed by atoms with Crippen LogP contribution < -0.4 is 11.0 Å². The molecule has 19 heavy (non-hydrogen) atoms. The standard InChI is InChI=1S/C6H2F4IP.C6H7N/c7-1-3(9)6(12)4(10)2(8)5(1)11;7-6-4-2-1-3-5-6/h12H2;1-5H,7H2. The van der Waals surface area contributed by atoms with Gasteiger partial charge in [-0.05, 0) is 34.7 Å². The Kier molecular flexibility index (Phi) is 6.00. The van der Waals surface area contributed by atoms with Gasteiger partial charge in [0, 0.05) is 11.0 Å². The van der Waals surface area contributed by atoms with Gasteiger partial charge in [0.15, 0.2) is 23.3 Å². The monoisotopic (exact) mass is 401 g/mol. The molecule has 7 heteroatoms. The Labute approximate surface area is 123 Å². The molecule has 102 valence electrons. The minimum absolute atomic E-state index is 0.672. The van der Waals surface area contributed by atoms with E-state index in [1.165, 1.54) is 22.6 Å². The van der Waals surface area contributed by atoms with E-state index < -0.39 is 32.1 Å². The lowest BCUT2D eigenvalue weighted by atomic mass is 10.3. The van der Waals surface area contributed by atoms with Crippen molar-refractivity contribution >= 4 is 42.8 Å². The zero-order valence-electron chi connectivity index (χ0n) is 9.43. The molecule has 0 aliphatic rings. The average molecular weight is 401 g/mol. The highest BCUT2D eigenvalue weighted by Crippen LogP contribution is 2.20. The van der Waals surface area contributed by atoms with Gasteiger partial charge in [-0.1, -0.05) is 27.4 Å². The summed E-state index contributed by atoms with van der Waals surface area (Å²) in [5, 5.41) is -0.717. The second kappa shape index (κ2) is 7.05. The van der Waals surface area contributed by atoms with E-state index >= 15 is 0 Å². The van der Waals surface area contributed by atoms with Crippen LogP contribution in [0.15, 0.2) is 30.3 Å². The second-order valence-electron chi connectivity index (χ2n) is 3.39. The topological polar surface area (TPSA) is 26.0 Å². The largest absolute Gasteiger partial charge is 0.399 e. The molecule has 0 aliphatic heterocycles. The Balaban J connectivity index is 0.000000218. The first-order valence-electron chi connectivity index (χ1n) is 4.93. The molecule has 0 fully saturated rings. The summed E-state index contributed by atoms with van der Waals surface area (Å²) < 4.78 is 49.8. The third-order valence-corrected chi connectivity index (χ3v) is 3.50. The number of nitrogen functional groups attached to an aromatic ring is 1. The predicted molar refractivity (Wildman–Crippen MR) is 79.2 cm³/mol. The molecule has 0 radical (unpaired) electrons. The molecule has 2 aromatic carbocycles. The molecule has 0 heterocycles. The van der Waals surface area contributed by atoms with Crippen LogP contribution in [0.2, 0.25) is 0 Å². The number of hydrogen-bond acceptors (Lipinski definition) is 1. The molecule has 2 aromatic rings. The number of hydrogen-bond donors (Lipinski definition) is 1. The van der Waals surface area contributed by atoms with Crippen molar-refractivity contribution in [1.82, 2.24) is 0 Å². The number of nitrogens with two attached hydrogens (primary N) is 1. The lowest BCUT2D eigenvalue weighted by Gasteiger charge is -2.03. The van der Waals surface area contributed by atoms with E-state index in [1.54, 1.807) is 9.24 Å². The molecule has 0 saturated heterocycles. The number of benzene rings is 2. The Bertz CT molecular complexity index is 473. The van der Waals surface area contributed by atoms with Gasteiger partial charge in [0.2, 0.25) is 0 Å². The molecular weight excluding hydrogens is 392 g/mol. The van der Waals surface area contributed by atoms with Crippen LogP contribution in [0.3, 0.4) is 0 Å². The van der Waals surface area contributed by atoms with Crippen LogP contribution in [0.25, 0.3) is 0 Å². The molecule has 0 spiro atoms. The van der Waals surface area contributed by atoms with Crippen molar-refractivity contribution in [3.8, 4) is 0 Å². The van der Waals surface area contributed by atoms with Crippen LogP contribution in [-0.2, 0) is 0 Å². The highest BCUT2D eigenvalue weighted by Gasteiger charge is 2.20. The van der Waals surface area contributed by atoms with Gasteiger partial charge in [0.1, 0.15) is 0 Å². The third kappa shape index (κ3) is 4.04. The van der Waals surface area contributed by atoms with E-state index in [2.05, 4.69) is 0 Å². The predicted octanol–water partition coefficient (Wildman–Crippen LogP) is 3.62. The quantitative estimate of drug-likeness (QED) is 0.179. The maximum atomic E-state index is 12.6. The second-order valence-corrected chi connectivity index (χ2v) is 5.05. The molecular formula is C12H9F4INP. The van der Waals surface area contributed by atoms with Crippen LogP contribution in [0.1, 0.15) is 0 Å². The number of para-hydroxylation sites is 1. The fourth-order valence-electron chi connectivity index (χ4n) is 1.07. The molecule has 1 unspecified atom stereocenters. The van der Waals surface area contributed by atoms with Crippen molar-refractivity contribution in [2.24, 2.45) is 0 Å². The van der Waals surface area contributed by atoms with Crippen molar-refractivity contribution in [2.45, 2.75) is 0 Å². The van der Waals surface area contributed by atoms with Crippen molar-refractivity contribution in [2.75, 3.05) is 5.73 Å². The molecule has 0 saturated carbocycles. The fraction of sp³-hybridized carbons (Fsp3) is 0. The Morgan fingerprint density at radius 3 is 1.58 bits per heavy atom. The van der Waals surface area contributed by atoms with E-state index in [0.717, 1.165) is 5.69 Å². The van der Waals surface area contributed by atoms with Crippen LogP contribution in [0, 0.1) is 26.8 Å². The lowest BCUT2D eigenvalue weighted by Crippen LogP contribution is -2.13. The SMILES string of the molecule is Fc1c(F)c(I)c(F)c(F)c1P.Nc1ccccc1. The smallest absolute Gasteiger partial charge is 0.175 e. The van der Waals surface area contributed by atoms with Gasteiger partial charge < -0.3 is 5.73 Å². The summed E-state index contributed by atoms with van der Waals surface area (Å²) >= 11 is 1.20. The fourth-order valence-corrected chi connectivity index (χ4v) is 1.80. The van der Waals surface area contributed by atoms with E-state index in [9.17, 15) is 17.6 Å². The zero-order valence-corrected chi connectivity index (χ0v) is 12.7. The van der Waals surface area contributed by atoms with Crippen molar-refractivity contribution in [1.29, 1.82) is 0 Å². The van der Waals surface area contributed by atoms with Gasteiger partial charge in [0.25, 0.3) is 0 Å². The Hall–Kier alpha value is -0.880. The highest BCUT2D eigenvalue weighted by atomic mass is 127. The van der Waals surface area contributed by atoms with Crippen LogP contribution in [-0.4, -0.2) is 0 Å². The summed E-state index contributed by atoms with van der Waals surface area (Å²) in [4.78, 5) is 0. The molecule has 2 N–H and O–H groups in total. The summed E-state index contributed by atoms with van der Waals surface area (Å²) in [5.41, 5.74) is 6.18. The summed E-state index contributed by atoms with van der Waals surface area (Å²) in [5.74, 6) is -5.47. The first kappa shape index (κ1) is 16.2. The maximum Gasteiger partial charge on any atom is 0.175 e. The Morgan fingerprint density at radius 1 is 0.842 bits per heavy atom. The Morgan fingerprint density at radius 2 is 1.26 bits per heavy atom. The summed E-state index contributed by atoms with van der Waals surface area (Å²) in [6.07, 6.45) is 0. The van der Waals surface area contributed by atoms with Crippen LogP contribution >= 0.6 is 31.8 Å². The number of halogens is 5. The first-order chi connectivity index (χ1) is 8.86. The average Bonchev–Trinajstić information content (AvgIpc) is 2.42. The zero-order chi connectivity index (χ0) is 14.6. The molecule has 0 bridgehead atoms. The minimum atomic E-state index is -1.37. The van der Waals surface area contributed by atoms with Gasteiger partial charge in [-0.3, -0.25) is 0 Å². The van der Waals surface area contributed by atoms with Crippen LogP contribution in [0.4, 0.5) is 23.2 Å². The van der Waals surface area contributed by atoms with Crippen molar-refractivity contribution < 1.29 is 17.6 Å². The van der Waals surface area contributed by atoms with Gasteiger partial charge in [0.05, 0.1) is 3.57 Å². The molecule has 0 aliphatic carbocycles. The maximum absolute atomic E-state index is 12.6. The summed E-state index contributed by atoms with van der Waals surface area (Å²) in [7, 11) is 1.60. The molecule has 1 atom stereocenters. The first-order valence-corrected chi connectivity index (χ1v) is 6.59. The van der Waals surface area contributed by atoms with Gasteiger partial charge in [-0.25, -0.2) is 17.6 Å². The van der Waals surface area contributed by atoms with Gasteiger partial charge >= 0.3 is 0 Å². The lowest BCUT2D eigenvalue weighted by molar-refractivity contribution is 0.455. The van der Waals surface area contributed by atoms with Crippen molar-refractivity contribution in [3.05, 3.63) is 57.2 Å². The van der Waals surface area contributed by atoms with Crippen molar-refractivity contribution in [3.63, 3.8) is 0 Å². The normalized spacial score (nSPS) is 9.79. The third-order valence-electron chi connectivity index (χ3n) is 2.04. The molecule has 2 rings (SSSR count). The van der Waals surface area contributed by atoms with Gasteiger partial charge in [-0.15, -0.1) is 0 Å². The van der Waals surface area contributed by atoms with Gasteiger partial charge in [-0.2, -0.15) is 0 Å². The van der Waals surface area contributed by atoms with E-state index in [4.69, 9.17) is 5.73 Å².